The quantitative estimate of drug-likeness (QED) is 0.667. The molecule has 0 saturated heterocycles. The first-order valence-electron chi connectivity index (χ1n) is 4.20. The lowest BCUT2D eigenvalue weighted by molar-refractivity contribution is 0.451. The molecular formula is C8H17NS. The van der Waals surface area contributed by atoms with Crippen LogP contribution in [-0.4, -0.2) is 17.0 Å². The second kappa shape index (κ2) is 4.24. The van der Waals surface area contributed by atoms with E-state index < -0.39 is 0 Å². The molecule has 0 amide bonds. The Kier molecular flexibility index (Phi) is 3.57. The zero-order chi connectivity index (χ0) is 7.40. The van der Waals surface area contributed by atoms with E-state index >= 15 is 0 Å². The second-order valence-corrected chi connectivity index (χ2v) is 4.58. The average molecular weight is 159 g/mol. The van der Waals surface area contributed by atoms with E-state index in [1.54, 1.807) is 0 Å². The molecule has 1 aliphatic rings. The third-order valence-electron chi connectivity index (χ3n) is 2.07. The van der Waals surface area contributed by atoms with Crippen molar-refractivity contribution in [3.8, 4) is 0 Å². The summed E-state index contributed by atoms with van der Waals surface area (Å²) in [7, 11) is 0. The van der Waals surface area contributed by atoms with Gasteiger partial charge in [-0.1, -0.05) is 13.3 Å². The van der Waals surface area contributed by atoms with Crippen LogP contribution in [-0.2, 0) is 0 Å². The van der Waals surface area contributed by atoms with Crippen LogP contribution in [0.4, 0.5) is 0 Å². The number of rotatable bonds is 2. The van der Waals surface area contributed by atoms with Crippen molar-refractivity contribution in [2.24, 2.45) is 5.73 Å². The van der Waals surface area contributed by atoms with E-state index in [1.807, 2.05) is 0 Å². The third-order valence-corrected chi connectivity index (χ3v) is 3.30. The molecule has 1 saturated carbocycles. The molecule has 2 atom stereocenters. The molecule has 2 N–H and O–H groups in total. The first-order chi connectivity index (χ1) is 4.83. The largest absolute Gasteiger partial charge is 0.328 e. The molecule has 1 nitrogen and oxygen atoms in total. The van der Waals surface area contributed by atoms with Crippen molar-refractivity contribution in [2.75, 3.05) is 5.75 Å². The van der Waals surface area contributed by atoms with Crippen molar-refractivity contribution in [1.82, 2.24) is 0 Å². The van der Waals surface area contributed by atoms with Crippen LogP contribution in [0.1, 0.15) is 32.6 Å². The van der Waals surface area contributed by atoms with Crippen LogP contribution < -0.4 is 5.73 Å². The zero-order valence-electron chi connectivity index (χ0n) is 6.68. The highest BCUT2D eigenvalue weighted by molar-refractivity contribution is 7.99. The molecule has 0 bridgehead atoms. The van der Waals surface area contributed by atoms with E-state index in [-0.39, 0.29) is 0 Å². The number of hydrogen-bond donors (Lipinski definition) is 1. The van der Waals surface area contributed by atoms with Gasteiger partial charge in [0.05, 0.1) is 0 Å². The Labute approximate surface area is 67.8 Å². The van der Waals surface area contributed by atoms with Gasteiger partial charge in [-0.2, -0.15) is 11.8 Å². The van der Waals surface area contributed by atoms with Crippen molar-refractivity contribution >= 4 is 11.8 Å². The van der Waals surface area contributed by atoms with Crippen molar-refractivity contribution in [2.45, 2.75) is 43.9 Å². The fraction of sp³-hybridized carbons (Fsp3) is 1.00. The Morgan fingerprint density at radius 3 is 2.90 bits per heavy atom. The van der Waals surface area contributed by atoms with Crippen LogP contribution in [0.3, 0.4) is 0 Å². The molecule has 1 rings (SSSR count). The van der Waals surface area contributed by atoms with E-state index in [1.165, 1.54) is 31.4 Å². The van der Waals surface area contributed by atoms with Crippen molar-refractivity contribution in [3.63, 3.8) is 0 Å². The predicted molar refractivity (Wildman–Crippen MR) is 48.4 cm³/mol. The van der Waals surface area contributed by atoms with E-state index in [0.717, 1.165) is 5.25 Å². The number of hydrogen-bond acceptors (Lipinski definition) is 2. The van der Waals surface area contributed by atoms with Gasteiger partial charge in [0.15, 0.2) is 0 Å². The molecule has 1 aliphatic carbocycles. The minimum absolute atomic E-state index is 0.498. The molecule has 60 valence electrons. The topological polar surface area (TPSA) is 26.0 Å². The van der Waals surface area contributed by atoms with Gasteiger partial charge >= 0.3 is 0 Å². The van der Waals surface area contributed by atoms with Gasteiger partial charge < -0.3 is 5.73 Å². The van der Waals surface area contributed by atoms with Crippen LogP contribution in [0.2, 0.25) is 0 Å². The van der Waals surface area contributed by atoms with Gasteiger partial charge in [0.1, 0.15) is 0 Å². The molecule has 1 fully saturated rings. The molecule has 0 aromatic carbocycles. The minimum atomic E-state index is 0.498. The van der Waals surface area contributed by atoms with Crippen LogP contribution in [0.15, 0.2) is 0 Å². The molecule has 0 radical (unpaired) electrons. The molecule has 0 aliphatic heterocycles. The summed E-state index contributed by atoms with van der Waals surface area (Å²) in [6.45, 7) is 2.23. The highest BCUT2D eigenvalue weighted by Crippen LogP contribution is 2.27. The second-order valence-electron chi connectivity index (χ2n) is 3.00. The summed E-state index contributed by atoms with van der Waals surface area (Å²) >= 11 is 2.08. The van der Waals surface area contributed by atoms with Crippen molar-refractivity contribution in [3.05, 3.63) is 0 Å². The fourth-order valence-corrected chi connectivity index (χ4v) is 2.76. The molecule has 0 unspecified atom stereocenters. The summed E-state index contributed by atoms with van der Waals surface area (Å²) in [5.41, 5.74) is 5.84. The van der Waals surface area contributed by atoms with Gasteiger partial charge in [-0.05, 0) is 25.0 Å². The highest BCUT2D eigenvalue weighted by atomic mass is 32.2. The Bertz CT molecular complexity index is 93.3. The lowest BCUT2D eigenvalue weighted by Gasteiger charge is -2.25. The number of thioether (sulfide) groups is 1. The van der Waals surface area contributed by atoms with Crippen LogP contribution >= 0.6 is 11.8 Å². The van der Waals surface area contributed by atoms with E-state index in [9.17, 15) is 0 Å². The summed E-state index contributed by atoms with van der Waals surface area (Å²) in [6, 6.07) is 0.498. The Balaban J connectivity index is 2.18. The molecule has 0 aromatic heterocycles. The Hall–Kier alpha value is 0.310. The summed E-state index contributed by atoms with van der Waals surface area (Å²) in [5, 5.41) is 0.869. The van der Waals surface area contributed by atoms with Crippen LogP contribution in [0, 0.1) is 0 Å². The van der Waals surface area contributed by atoms with E-state index in [4.69, 9.17) is 5.73 Å². The Morgan fingerprint density at radius 2 is 2.30 bits per heavy atom. The van der Waals surface area contributed by atoms with E-state index in [0.29, 0.717) is 6.04 Å². The van der Waals surface area contributed by atoms with Crippen molar-refractivity contribution < 1.29 is 0 Å². The average Bonchev–Trinajstić information content (AvgIpc) is 1.88. The van der Waals surface area contributed by atoms with Gasteiger partial charge in [0.2, 0.25) is 0 Å². The van der Waals surface area contributed by atoms with E-state index in [2.05, 4.69) is 18.7 Å². The van der Waals surface area contributed by atoms with Gasteiger partial charge in [0, 0.05) is 11.3 Å². The standard InChI is InChI=1S/C8H17NS/c1-2-10-8-5-3-4-7(9)6-8/h7-8H,2-6,9H2,1H3/t7-,8-/m1/s1. The summed E-state index contributed by atoms with van der Waals surface area (Å²) in [5.74, 6) is 1.25. The van der Waals surface area contributed by atoms with Crippen LogP contribution in [0.25, 0.3) is 0 Å². The maximum Gasteiger partial charge on any atom is 0.00616 e. The molecule has 10 heavy (non-hydrogen) atoms. The normalized spacial score (nSPS) is 34.2. The zero-order valence-corrected chi connectivity index (χ0v) is 7.49. The smallest absolute Gasteiger partial charge is 0.00616 e. The molecule has 0 aromatic rings. The first kappa shape index (κ1) is 8.41. The lowest BCUT2D eigenvalue weighted by atomic mass is 9.96. The maximum absolute atomic E-state index is 5.84. The third kappa shape index (κ3) is 2.51. The lowest BCUT2D eigenvalue weighted by Crippen LogP contribution is -2.29. The highest BCUT2D eigenvalue weighted by Gasteiger charge is 2.18. The number of nitrogens with two attached hydrogens (primary N) is 1. The minimum Gasteiger partial charge on any atom is -0.328 e. The molecule has 0 heterocycles. The summed E-state index contributed by atoms with van der Waals surface area (Å²) in [4.78, 5) is 0. The Morgan fingerprint density at radius 1 is 1.50 bits per heavy atom. The van der Waals surface area contributed by atoms with Gasteiger partial charge in [-0.25, -0.2) is 0 Å². The first-order valence-corrected chi connectivity index (χ1v) is 5.25. The summed E-state index contributed by atoms with van der Waals surface area (Å²) < 4.78 is 0. The maximum atomic E-state index is 5.84. The molecular weight excluding hydrogens is 142 g/mol. The fourth-order valence-electron chi connectivity index (χ4n) is 1.57. The molecule has 2 heteroatoms. The van der Waals surface area contributed by atoms with Gasteiger partial charge in [-0.15, -0.1) is 0 Å². The van der Waals surface area contributed by atoms with Crippen LogP contribution in [0.5, 0.6) is 0 Å². The monoisotopic (exact) mass is 159 g/mol. The summed E-state index contributed by atoms with van der Waals surface area (Å²) in [6.07, 6.45) is 5.24. The van der Waals surface area contributed by atoms with Crippen molar-refractivity contribution in [1.29, 1.82) is 0 Å². The SMILES string of the molecule is CCS[C@@H]1CCC[C@@H](N)C1. The van der Waals surface area contributed by atoms with Gasteiger partial charge in [-0.3, -0.25) is 0 Å². The van der Waals surface area contributed by atoms with Gasteiger partial charge in [0.25, 0.3) is 0 Å². The molecule has 0 spiro atoms. The predicted octanol–water partition coefficient (Wildman–Crippen LogP) is 2.01.